The van der Waals surface area contributed by atoms with Crippen molar-refractivity contribution in [1.82, 2.24) is 0 Å². The largest absolute Gasteiger partial charge is 0.310 e. The molecule has 2 nitrogen and oxygen atoms in total. The number of aryl methyl sites for hydroxylation is 1. The van der Waals surface area contributed by atoms with E-state index in [1.165, 1.54) is 35.1 Å². The van der Waals surface area contributed by atoms with Crippen LogP contribution in [-0.4, -0.2) is 0 Å². The van der Waals surface area contributed by atoms with Crippen molar-refractivity contribution >= 4 is 0 Å². The van der Waals surface area contributed by atoms with Crippen molar-refractivity contribution in [2.75, 3.05) is 0 Å². The van der Waals surface area contributed by atoms with Gasteiger partial charge in [0, 0.05) is 0 Å². The Morgan fingerprint density at radius 3 is 2.54 bits per heavy atom. The predicted octanol–water partition coefficient (Wildman–Crippen LogP) is 0.802. The fourth-order valence-electron chi connectivity index (χ4n) is 2.56. The van der Waals surface area contributed by atoms with Crippen LogP contribution < -0.4 is 11.5 Å². The van der Waals surface area contributed by atoms with E-state index in [9.17, 15) is 0 Å². The average molecular weight is 174 g/mol. The highest BCUT2D eigenvalue weighted by molar-refractivity contribution is 5.51. The van der Waals surface area contributed by atoms with Crippen molar-refractivity contribution in [3.63, 3.8) is 0 Å². The summed E-state index contributed by atoms with van der Waals surface area (Å²) in [5, 5.41) is 0. The third-order valence-electron chi connectivity index (χ3n) is 3.46. The summed E-state index contributed by atoms with van der Waals surface area (Å²) in [6.07, 6.45) is 4.45. The van der Waals surface area contributed by atoms with Gasteiger partial charge in [-0.05, 0) is 47.9 Å². The van der Waals surface area contributed by atoms with Crippen LogP contribution in [0.25, 0.3) is 0 Å². The van der Waals surface area contributed by atoms with Gasteiger partial charge in [0.05, 0.1) is 5.66 Å². The van der Waals surface area contributed by atoms with Gasteiger partial charge < -0.3 is 11.5 Å². The SMILES string of the molecule is NC1(N)CCc2c1ccc1c2CC1. The van der Waals surface area contributed by atoms with Gasteiger partial charge >= 0.3 is 0 Å². The van der Waals surface area contributed by atoms with Crippen molar-refractivity contribution < 1.29 is 0 Å². The summed E-state index contributed by atoms with van der Waals surface area (Å²) in [6.45, 7) is 0. The Balaban J connectivity index is 2.24. The second kappa shape index (κ2) is 2.14. The lowest BCUT2D eigenvalue weighted by atomic mass is 9.83. The molecule has 2 aliphatic carbocycles. The molecular weight excluding hydrogens is 160 g/mol. The number of nitrogens with two attached hydrogens (primary N) is 2. The number of benzene rings is 1. The molecule has 3 rings (SSSR count). The first-order valence-corrected chi connectivity index (χ1v) is 4.90. The molecule has 0 atom stereocenters. The summed E-state index contributed by atoms with van der Waals surface area (Å²) in [4.78, 5) is 0. The van der Waals surface area contributed by atoms with E-state index in [2.05, 4.69) is 12.1 Å². The fourth-order valence-corrected chi connectivity index (χ4v) is 2.56. The highest BCUT2D eigenvalue weighted by atomic mass is 15.0. The van der Waals surface area contributed by atoms with E-state index in [4.69, 9.17) is 11.5 Å². The molecule has 1 aromatic rings. The molecule has 0 unspecified atom stereocenters. The Labute approximate surface area is 77.9 Å². The van der Waals surface area contributed by atoms with Gasteiger partial charge in [0.1, 0.15) is 0 Å². The third kappa shape index (κ3) is 0.847. The second-order valence-corrected chi connectivity index (χ2v) is 4.27. The summed E-state index contributed by atoms with van der Waals surface area (Å²) >= 11 is 0. The monoisotopic (exact) mass is 174 g/mol. The predicted molar refractivity (Wildman–Crippen MR) is 52.2 cm³/mol. The quantitative estimate of drug-likeness (QED) is 0.572. The number of fused-ring (bicyclic) bond motifs is 3. The number of rotatable bonds is 0. The van der Waals surface area contributed by atoms with Gasteiger partial charge in [-0.1, -0.05) is 12.1 Å². The summed E-state index contributed by atoms with van der Waals surface area (Å²) in [7, 11) is 0. The van der Waals surface area contributed by atoms with Crippen molar-refractivity contribution in [2.45, 2.75) is 31.3 Å². The van der Waals surface area contributed by atoms with E-state index in [0.29, 0.717) is 0 Å². The third-order valence-corrected chi connectivity index (χ3v) is 3.46. The molecule has 0 radical (unpaired) electrons. The zero-order valence-electron chi connectivity index (χ0n) is 7.64. The molecule has 2 aliphatic rings. The molecule has 0 saturated heterocycles. The van der Waals surface area contributed by atoms with Crippen LogP contribution in [0.2, 0.25) is 0 Å². The van der Waals surface area contributed by atoms with E-state index in [1.54, 1.807) is 0 Å². The maximum Gasteiger partial charge on any atom is 0.0905 e. The molecule has 0 bridgehead atoms. The average Bonchev–Trinajstić information content (AvgIpc) is 2.28. The molecule has 2 heteroatoms. The maximum atomic E-state index is 6.01. The molecule has 0 spiro atoms. The number of hydrogen-bond donors (Lipinski definition) is 2. The lowest BCUT2D eigenvalue weighted by Gasteiger charge is -2.25. The summed E-state index contributed by atoms with van der Waals surface area (Å²) in [6, 6.07) is 4.32. The molecule has 0 heterocycles. The van der Waals surface area contributed by atoms with E-state index >= 15 is 0 Å². The molecule has 4 N–H and O–H groups in total. The first kappa shape index (κ1) is 7.54. The highest BCUT2D eigenvalue weighted by Crippen LogP contribution is 2.38. The molecule has 0 saturated carbocycles. The van der Waals surface area contributed by atoms with Gasteiger partial charge in [0.2, 0.25) is 0 Å². The van der Waals surface area contributed by atoms with Crippen LogP contribution in [-0.2, 0) is 24.9 Å². The Hall–Kier alpha value is -0.860. The van der Waals surface area contributed by atoms with Gasteiger partial charge in [-0.25, -0.2) is 0 Å². The van der Waals surface area contributed by atoms with Crippen molar-refractivity contribution in [3.05, 3.63) is 34.4 Å². The lowest BCUT2D eigenvalue weighted by Crippen LogP contribution is -2.43. The van der Waals surface area contributed by atoms with Crippen LogP contribution in [0.1, 0.15) is 28.7 Å². The molecule has 0 aliphatic heterocycles. The first-order valence-electron chi connectivity index (χ1n) is 4.90. The van der Waals surface area contributed by atoms with E-state index < -0.39 is 5.66 Å². The minimum absolute atomic E-state index is 0.556. The summed E-state index contributed by atoms with van der Waals surface area (Å²) < 4.78 is 0. The van der Waals surface area contributed by atoms with Gasteiger partial charge in [0.15, 0.2) is 0 Å². The molecule has 13 heavy (non-hydrogen) atoms. The van der Waals surface area contributed by atoms with Crippen LogP contribution >= 0.6 is 0 Å². The minimum Gasteiger partial charge on any atom is -0.310 e. The molecule has 68 valence electrons. The van der Waals surface area contributed by atoms with E-state index in [-0.39, 0.29) is 0 Å². The summed E-state index contributed by atoms with van der Waals surface area (Å²) in [5.74, 6) is 0. The zero-order chi connectivity index (χ0) is 9.05. The number of hydrogen-bond acceptors (Lipinski definition) is 2. The Morgan fingerprint density at radius 1 is 1.00 bits per heavy atom. The van der Waals surface area contributed by atoms with Crippen LogP contribution in [0.15, 0.2) is 12.1 Å². The van der Waals surface area contributed by atoms with Crippen LogP contribution in [0.4, 0.5) is 0 Å². The van der Waals surface area contributed by atoms with Crippen molar-refractivity contribution in [1.29, 1.82) is 0 Å². The normalized spacial score (nSPS) is 22.0. The summed E-state index contributed by atoms with van der Waals surface area (Å²) in [5.41, 5.74) is 17.2. The molecule has 0 amide bonds. The van der Waals surface area contributed by atoms with Crippen LogP contribution in [0, 0.1) is 0 Å². The standard InChI is InChI=1S/C11H14N2/c12-11(13)6-5-9-8-3-1-7(8)2-4-10(9)11/h2,4H,1,3,5-6,12-13H2. The van der Waals surface area contributed by atoms with Gasteiger partial charge in [0.25, 0.3) is 0 Å². The van der Waals surface area contributed by atoms with Gasteiger partial charge in [-0.15, -0.1) is 0 Å². The fraction of sp³-hybridized carbons (Fsp3) is 0.455. The van der Waals surface area contributed by atoms with Crippen molar-refractivity contribution in [3.8, 4) is 0 Å². The first-order chi connectivity index (χ1) is 6.18. The Morgan fingerprint density at radius 2 is 1.85 bits per heavy atom. The minimum atomic E-state index is -0.556. The lowest BCUT2D eigenvalue weighted by molar-refractivity contribution is 0.463. The molecule has 0 aromatic heterocycles. The van der Waals surface area contributed by atoms with E-state index in [0.717, 1.165) is 12.8 Å². The van der Waals surface area contributed by atoms with Gasteiger partial charge in [-0.3, -0.25) is 0 Å². The van der Waals surface area contributed by atoms with Gasteiger partial charge in [-0.2, -0.15) is 0 Å². The highest BCUT2D eigenvalue weighted by Gasteiger charge is 2.34. The molecular formula is C11H14N2. The molecule has 1 aromatic carbocycles. The Bertz CT molecular complexity index is 380. The second-order valence-electron chi connectivity index (χ2n) is 4.27. The maximum absolute atomic E-state index is 6.01. The van der Waals surface area contributed by atoms with Crippen LogP contribution in [0.5, 0.6) is 0 Å². The smallest absolute Gasteiger partial charge is 0.0905 e. The van der Waals surface area contributed by atoms with Crippen LogP contribution in [0.3, 0.4) is 0 Å². The molecule has 0 fully saturated rings. The van der Waals surface area contributed by atoms with Crippen molar-refractivity contribution in [2.24, 2.45) is 11.5 Å². The van der Waals surface area contributed by atoms with E-state index in [1.807, 2.05) is 0 Å². The topological polar surface area (TPSA) is 52.0 Å². The zero-order valence-corrected chi connectivity index (χ0v) is 7.64. The Kier molecular flexibility index (Phi) is 1.24.